The number of carbonyl (C=O) groups is 1. The summed E-state index contributed by atoms with van der Waals surface area (Å²) in [5.41, 5.74) is 3.60. The van der Waals surface area contributed by atoms with Crippen molar-refractivity contribution in [1.29, 1.82) is 0 Å². The van der Waals surface area contributed by atoms with Gasteiger partial charge in [-0.1, -0.05) is 17.4 Å². The predicted molar refractivity (Wildman–Crippen MR) is 143 cm³/mol. The van der Waals surface area contributed by atoms with E-state index in [1.807, 2.05) is 32.0 Å². The Labute approximate surface area is 217 Å². The number of nitrogens with zero attached hydrogens (tertiary/aromatic N) is 4. The van der Waals surface area contributed by atoms with Gasteiger partial charge in [0, 0.05) is 31.7 Å². The minimum absolute atomic E-state index is 0. The molecule has 0 saturated carbocycles. The van der Waals surface area contributed by atoms with Crippen LogP contribution in [0.2, 0.25) is 0 Å². The van der Waals surface area contributed by atoms with E-state index in [2.05, 4.69) is 13.0 Å². The summed E-state index contributed by atoms with van der Waals surface area (Å²) < 4.78 is 33.6. The Morgan fingerprint density at radius 3 is 2.34 bits per heavy atom. The van der Waals surface area contributed by atoms with Gasteiger partial charge in [-0.2, -0.15) is 4.31 Å². The van der Waals surface area contributed by atoms with Crippen molar-refractivity contribution in [3.05, 3.63) is 53.1 Å². The smallest absolute Gasteiger partial charge is 0.260 e. The molecule has 3 aromatic rings. The van der Waals surface area contributed by atoms with Gasteiger partial charge < -0.3 is 9.64 Å². The van der Waals surface area contributed by atoms with Crippen molar-refractivity contribution in [2.24, 2.45) is 0 Å². The molecule has 35 heavy (non-hydrogen) atoms. The first kappa shape index (κ1) is 27.5. The summed E-state index contributed by atoms with van der Waals surface area (Å²) in [5.74, 6) is -0.203. The zero-order valence-corrected chi connectivity index (χ0v) is 22.8. The molecule has 11 heteroatoms. The van der Waals surface area contributed by atoms with Crippen LogP contribution in [0.3, 0.4) is 0 Å². The lowest BCUT2D eigenvalue weighted by molar-refractivity contribution is 0.0730. The largest absolute Gasteiger partial charge is 0.379 e. The Bertz CT molecular complexity index is 1290. The molecule has 1 aromatic heterocycles. The fourth-order valence-corrected chi connectivity index (χ4v) is 6.23. The number of fused-ring (bicyclic) bond motifs is 1. The van der Waals surface area contributed by atoms with Gasteiger partial charge in [0.15, 0.2) is 5.13 Å². The summed E-state index contributed by atoms with van der Waals surface area (Å²) in [6.45, 7) is 6.67. The lowest BCUT2D eigenvalue weighted by atomic mass is 10.1. The molecule has 1 aliphatic heterocycles. The second-order valence-electron chi connectivity index (χ2n) is 8.65. The number of amides is 1. The number of hydrogen-bond acceptors (Lipinski definition) is 7. The molecule has 4 rings (SSSR count). The van der Waals surface area contributed by atoms with Crippen molar-refractivity contribution in [2.75, 3.05) is 58.4 Å². The number of ether oxygens (including phenoxy) is 1. The number of sulfonamides is 1. The fourth-order valence-electron chi connectivity index (χ4n) is 3.78. The van der Waals surface area contributed by atoms with Crippen LogP contribution in [-0.2, 0) is 14.8 Å². The Morgan fingerprint density at radius 2 is 1.71 bits per heavy atom. The molecule has 2 aromatic carbocycles. The van der Waals surface area contributed by atoms with Gasteiger partial charge in [-0.15, -0.1) is 12.4 Å². The topological polar surface area (TPSA) is 83.1 Å². The van der Waals surface area contributed by atoms with Gasteiger partial charge in [-0.25, -0.2) is 13.4 Å². The Morgan fingerprint density at radius 1 is 1.06 bits per heavy atom. The molecule has 0 aliphatic carbocycles. The van der Waals surface area contributed by atoms with E-state index in [0.717, 1.165) is 21.3 Å². The van der Waals surface area contributed by atoms with E-state index in [-0.39, 0.29) is 23.2 Å². The van der Waals surface area contributed by atoms with E-state index in [0.29, 0.717) is 50.1 Å². The average Bonchev–Trinajstić information content (AvgIpc) is 3.26. The third-order valence-electron chi connectivity index (χ3n) is 6.03. The van der Waals surface area contributed by atoms with E-state index in [4.69, 9.17) is 9.72 Å². The lowest BCUT2D eigenvalue weighted by Gasteiger charge is -2.26. The summed E-state index contributed by atoms with van der Waals surface area (Å²) in [7, 11) is 0.303. The summed E-state index contributed by atoms with van der Waals surface area (Å²) in [6.07, 6.45) is 0. The molecule has 1 saturated heterocycles. The standard InChI is InChI=1S/C24H30N4O4S2.ClH/c1-17-5-10-21-22(18(17)2)25-24(33-21)28(12-11-26(3)4)23(29)19-6-8-20(9-7-19)34(30,31)27-13-15-32-16-14-27;/h5-10H,11-16H2,1-4H3;1H. The summed E-state index contributed by atoms with van der Waals surface area (Å²) >= 11 is 1.49. The zero-order chi connectivity index (χ0) is 24.5. The van der Waals surface area contributed by atoms with Crippen molar-refractivity contribution < 1.29 is 17.9 Å². The van der Waals surface area contributed by atoms with Crippen LogP contribution in [-0.4, -0.2) is 82.0 Å². The maximum Gasteiger partial charge on any atom is 0.260 e. The van der Waals surface area contributed by atoms with Crippen molar-refractivity contribution >= 4 is 55.0 Å². The number of morpholine rings is 1. The van der Waals surface area contributed by atoms with Gasteiger partial charge in [-0.05, 0) is 69.4 Å². The highest BCUT2D eigenvalue weighted by Gasteiger charge is 2.27. The first-order valence-corrected chi connectivity index (χ1v) is 13.5. The molecule has 1 fully saturated rings. The lowest BCUT2D eigenvalue weighted by Crippen LogP contribution is -2.40. The van der Waals surface area contributed by atoms with Crippen LogP contribution >= 0.6 is 23.7 Å². The number of likely N-dealkylation sites (N-methyl/N-ethyl adjacent to an activating group) is 1. The summed E-state index contributed by atoms with van der Waals surface area (Å²) in [4.78, 5) is 22.2. The number of rotatable bonds is 7. The molecule has 2 heterocycles. The van der Waals surface area contributed by atoms with Gasteiger partial charge in [0.25, 0.3) is 5.91 Å². The van der Waals surface area contributed by atoms with Gasteiger partial charge in [0.05, 0.1) is 28.3 Å². The second-order valence-corrected chi connectivity index (χ2v) is 11.6. The molecule has 0 unspecified atom stereocenters. The molecule has 0 bridgehead atoms. The van der Waals surface area contributed by atoms with Crippen LogP contribution in [0.15, 0.2) is 41.3 Å². The second kappa shape index (κ2) is 11.3. The van der Waals surface area contributed by atoms with Gasteiger partial charge in [0.2, 0.25) is 10.0 Å². The molecule has 0 N–H and O–H groups in total. The summed E-state index contributed by atoms with van der Waals surface area (Å²) in [5, 5.41) is 0.639. The number of hydrogen-bond donors (Lipinski definition) is 0. The van der Waals surface area contributed by atoms with Gasteiger partial charge in [0.1, 0.15) is 0 Å². The molecule has 0 spiro atoms. The Balaban J connectivity index is 0.00000342. The van der Waals surface area contributed by atoms with Crippen LogP contribution in [0.4, 0.5) is 5.13 Å². The Kier molecular flexibility index (Phi) is 8.90. The maximum atomic E-state index is 13.5. The van der Waals surface area contributed by atoms with Crippen LogP contribution in [0.1, 0.15) is 21.5 Å². The van der Waals surface area contributed by atoms with Crippen molar-refractivity contribution in [2.45, 2.75) is 18.7 Å². The fraction of sp³-hybridized carbons (Fsp3) is 0.417. The number of carbonyl (C=O) groups excluding carboxylic acids is 1. The molecular formula is C24H31ClN4O4S2. The Hall–Kier alpha value is -2.08. The SMILES string of the molecule is Cc1ccc2sc(N(CCN(C)C)C(=O)c3ccc(S(=O)(=O)N4CCOCC4)cc3)nc2c1C.Cl. The van der Waals surface area contributed by atoms with E-state index in [1.165, 1.54) is 27.8 Å². The van der Waals surface area contributed by atoms with Crippen molar-refractivity contribution in [1.82, 2.24) is 14.2 Å². The van der Waals surface area contributed by atoms with Crippen LogP contribution in [0, 0.1) is 13.8 Å². The molecule has 1 amide bonds. The number of halogens is 1. The monoisotopic (exact) mass is 538 g/mol. The van der Waals surface area contributed by atoms with E-state index in [1.54, 1.807) is 17.0 Å². The van der Waals surface area contributed by atoms with E-state index < -0.39 is 10.0 Å². The normalized spacial score (nSPS) is 14.8. The summed E-state index contributed by atoms with van der Waals surface area (Å²) in [6, 6.07) is 10.3. The zero-order valence-electron chi connectivity index (χ0n) is 20.4. The van der Waals surface area contributed by atoms with Crippen LogP contribution in [0.25, 0.3) is 10.2 Å². The predicted octanol–water partition coefficient (Wildman–Crippen LogP) is 3.56. The van der Waals surface area contributed by atoms with Crippen LogP contribution in [0.5, 0.6) is 0 Å². The van der Waals surface area contributed by atoms with Gasteiger partial charge >= 0.3 is 0 Å². The average molecular weight is 539 g/mol. The number of aromatic nitrogens is 1. The minimum atomic E-state index is -3.61. The van der Waals surface area contributed by atoms with E-state index in [9.17, 15) is 13.2 Å². The molecule has 1 aliphatic rings. The maximum absolute atomic E-state index is 13.5. The highest BCUT2D eigenvalue weighted by molar-refractivity contribution is 7.89. The van der Waals surface area contributed by atoms with Crippen molar-refractivity contribution in [3.63, 3.8) is 0 Å². The van der Waals surface area contributed by atoms with Crippen molar-refractivity contribution in [3.8, 4) is 0 Å². The number of thiazole rings is 1. The number of benzene rings is 2. The quantitative estimate of drug-likeness (QED) is 0.457. The molecular weight excluding hydrogens is 508 g/mol. The van der Waals surface area contributed by atoms with Crippen LogP contribution < -0.4 is 4.90 Å². The first-order valence-electron chi connectivity index (χ1n) is 11.2. The molecule has 0 radical (unpaired) electrons. The molecule has 190 valence electrons. The third kappa shape index (κ3) is 5.84. The van der Waals surface area contributed by atoms with Gasteiger partial charge in [-0.3, -0.25) is 9.69 Å². The third-order valence-corrected chi connectivity index (χ3v) is 8.99. The molecule has 8 nitrogen and oxygen atoms in total. The minimum Gasteiger partial charge on any atom is -0.379 e. The number of aryl methyl sites for hydroxylation is 2. The highest BCUT2D eigenvalue weighted by Crippen LogP contribution is 2.32. The van der Waals surface area contributed by atoms with E-state index >= 15 is 0 Å². The first-order chi connectivity index (χ1) is 16.2. The molecule has 0 atom stereocenters. The number of anilines is 1. The highest BCUT2D eigenvalue weighted by atomic mass is 35.5.